The first kappa shape index (κ1) is 17.0. The summed E-state index contributed by atoms with van der Waals surface area (Å²) in [5.74, 6) is 1.56. The molecule has 1 aromatic carbocycles. The van der Waals surface area contributed by atoms with Crippen molar-refractivity contribution in [3.63, 3.8) is 0 Å². The van der Waals surface area contributed by atoms with Gasteiger partial charge in [0.05, 0.1) is 5.69 Å². The fraction of sp³-hybridized carbons (Fsp3) is 0.476. The second-order valence-corrected chi connectivity index (χ2v) is 9.04. The van der Waals surface area contributed by atoms with E-state index in [0.29, 0.717) is 5.78 Å². The highest BCUT2D eigenvalue weighted by Gasteiger charge is 2.43. The molecule has 2 aliphatic carbocycles. The number of thioether (sulfide) groups is 1. The summed E-state index contributed by atoms with van der Waals surface area (Å²) in [6, 6.07) is 8.58. The van der Waals surface area contributed by atoms with Crippen molar-refractivity contribution < 1.29 is 0 Å². The van der Waals surface area contributed by atoms with Gasteiger partial charge in [0, 0.05) is 23.6 Å². The summed E-state index contributed by atoms with van der Waals surface area (Å²) in [5.41, 5.74) is 4.61. The molecule has 2 aromatic heterocycles. The molecule has 5 rings (SSSR count). The third-order valence-electron chi connectivity index (χ3n) is 6.31. The molecule has 0 bridgehead atoms. The number of hydrogen-bond acceptors (Lipinski definition) is 4. The van der Waals surface area contributed by atoms with E-state index < -0.39 is 0 Å². The molecular formula is C21H24N4OS. The second kappa shape index (κ2) is 6.23. The number of nitrogens with zero attached hydrogens (tertiary/aromatic N) is 4. The van der Waals surface area contributed by atoms with Gasteiger partial charge in [-0.2, -0.15) is 0 Å². The molecule has 2 heterocycles. The molecule has 3 aromatic rings. The first-order valence-corrected chi connectivity index (χ1v) is 10.8. The van der Waals surface area contributed by atoms with Gasteiger partial charge in [0.25, 0.3) is 5.56 Å². The van der Waals surface area contributed by atoms with Gasteiger partial charge in [0.1, 0.15) is 0 Å². The third-order valence-corrected chi connectivity index (χ3v) is 7.12. The zero-order valence-electron chi connectivity index (χ0n) is 15.9. The normalized spacial score (nSPS) is 17.9. The van der Waals surface area contributed by atoms with Crippen molar-refractivity contribution in [2.75, 3.05) is 5.75 Å². The van der Waals surface area contributed by atoms with Crippen LogP contribution in [-0.4, -0.2) is 24.9 Å². The van der Waals surface area contributed by atoms with Gasteiger partial charge in [-0.05, 0) is 30.6 Å². The van der Waals surface area contributed by atoms with E-state index in [1.165, 1.54) is 30.4 Å². The number of aryl methyl sites for hydroxylation is 1. The Morgan fingerprint density at radius 2 is 1.93 bits per heavy atom. The first-order valence-electron chi connectivity index (χ1n) is 9.86. The Kier molecular flexibility index (Phi) is 3.93. The van der Waals surface area contributed by atoms with Gasteiger partial charge in [-0.25, -0.2) is 0 Å². The SMILES string of the molecule is CCSc1nnc2n(C)c(=O)c3c(n12)-c1ccccc1CC31CCCCC1. The van der Waals surface area contributed by atoms with Crippen LogP contribution in [0.3, 0.4) is 0 Å². The van der Waals surface area contributed by atoms with Crippen LogP contribution in [0.2, 0.25) is 0 Å². The van der Waals surface area contributed by atoms with Gasteiger partial charge < -0.3 is 0 Å². The van der Waals surface area contributed by atoms with Crippen molar-refractivity contribution >= 4 is 17.5 Å². The lowest BCUT2D eigenvalue weighted by Gasteiger charge is -2.42. The molecular weight excluding hydrogens is 356 g/mol. The summed E-state index contributed by atoms with van der Waals surface area (Å²) in [6.07, 6.45) is 6.81. The highest BCUT2D eigenvalue weighted by molar-refractivity contribution is 7.99. The summed E-state index contributed by atoms with van der Waals surface area (Å²) in [5, 5.41) is 9.66. The Morgan fingerprint density at radius 3 is 2.70 bits per heavy atom. The molecule has 0 N–H and O–H groups in total. The molecule has 6 heteroatoms. The number of aromatic nitrogens is 4. The van der Waals surface area contributed by atoms with E-state index in [9.17, 15) is 4.79 Å². The molecule has 0 unspecified atom stereocenters. The largest absolute Gasteiger partial charge is 0.280 e. The maximum absolute atomic E-state index is 13.6. The third kappa shape index (κ3) is 2.35. The van der Waals surface area contributed by atoms with Gasteiger partial charge in [-0.1, -0.05) is 62.2 Å². The van der Waals surface area contributed by atoms with Gasteiger partial charge in [0.15, 0.2) is 5.16 Å². The molecule has 0 saturated heterocycles. The predicted octanol–water partition coefficient (Wildman–Crippen LogP) is 3.97. The molecule has 0 radical (unpaired) electrons. The van der Waals surface area contributed by atoms with Crippen molar-refractivity contribution in [1.29, 1.82) is 0 Å². The monoisotopic (exact) mass is 380 g/mol. The van der Waals surface area contributed by atoms with E-state index in [1.54, 1.807) is 16.3 Å². The Morgan fingerprint density at radius 1 is 1.15 bits per heavy atom. The van der Waals surface area contributed by atoms with Gasteiger partial charge in [0.2, 0.25) is 5.78 Å². The van der Waals surface area contributed by atoms with Crippen LogP contribution in [0.25, 0.3) is 17.0 Å². The molecule has 1 saturated carbocycles. The van der Waals surface area contributed by atoms with E-state index in [0.717, 1.165) is 41.4 Å². The molecule has 0 atom stereocenters. The fourth-order valence-electron chi connectivity index (χ4n) is 5.12. The maximum atomic E-state index is 13.6. The zero-order valence-corrected chi connectivity index (χ0v) is 16.7. The van der Waals surface area contributed by atoms with Crippen molar-refractivity contribution in [2.45, 2.75) is 56.0 Å². The molecule has 140 valence electrons. The van der Waals surface area contributed by atoms with Crippen molar-refractivity contribution in [1.82, 2.24) is 19.2 Å². The van der Waals surface area contributed by atoms with Gasteiger partial charge >= 0.3 is 0 Å². The van der Waals surface area contributed by atoms with Crippen LogP contribution < -0.4 is 5.56 Å². The molecule has 1 fully saturated rings. The zero-order chi connectivity index (χ0) is 18.6. The number of rotatable bonds is 2. The standard InChI is InChI=1S/C21H24N4OS/c1-3-27-20-23-22-19-24(2)18(26)16-17(25(19)20)15-10-6-5-9-14(15)13-21(16)11-7-4-8-12-21/h5-6,9-10H,3-4,7-8,11-13H2,1-2H3. The summed E-state index contributed by atoms with van der Waals surface area (Å²) in [7, 11) is 1.84. The maximum Gasteiger partial charge on any atom is 0.259 e. The van der Waals surface area contributed by atoms with Crippen LogP contribution >= 0.6 is 11.8 Å². The van der Waals surface area contributed by atoms with E-state index >= 15 is 0 Å². The Labute approximate surface area is 162 Å². The van der Waals surface area contributed by atoms with E-state index in [-0.39, 0.29) is 11.0 Å². The van der Waals surface area contributed by atoms with E-state index in [1.807, 2.05) is 7.05 Å². The summed E-state index contributed by atoms with van der Waals surface area (Å²) in [6.45, 7) is 2.12. The lowest BCUT2D eigenvalue weighted by atomic mass is 9.62. The molecule has 27 heavy (non-hydrogen) atoms. The molecule has 0 amide bonds. The van der Waals surface area contributed by atoms with Crippen LogP contribution in [0.15, 0.2) is 34.2 Å². The van der Waals surface area contributed by atoms with Gasteiger partial charge in [-0.15, -0.1) is 10.2 Å². The molecule has 2 aliphatic rings. The van der Waals surface area contributed by atoms with Crippen molar-refractivity contribution in [2.24, 2.45) is 7.05 Å². The Bertz CT molecular complexity index is 1090. The Balaban J connectivity index is 1.95. The van der Waals surface area contributed by atoms with E-state index in [4.69, 9.17) is 0 Å². The number of fused-ring (bicyclic) bond motifs is 6. The van der Waals surface area contributed by atoms with Crippen LogP contribution in [0.4, 0.5) is 0 Å². The second-order valence-electron chi connectivity index (χ2n) is 7.81. The summed E-state index contributed by atoms with van der Waals surface area (Å²) < 4.78 is 3.84. The minimum Gasteiger partial charge on any atom is -0.280 e. The van der Waals surface area contributed by atoms with Crippen molar-refractivity contribution in [3.05, 3.63) is 45.7 Å². The van der Waals surface area contributed by atoms with Crippen LogP contribution in [0, 0.1) is 0 Å². The molecule has 5 nitrogen and oxygen atoms in total. The average molecular weight is 381 g/mol. The van der Waals surface area contributed by atoms with E-state index in [2.05, 4.69) is 45.8 Å². The topological polar surface area (TPSA) is 52.2 Å². The quantitative estimate of drug-likeness (QED) is 0.632. The van der Waals surface area contributed by atoms with Crippen LogP contribution in [-0.2, 0) is 18.9 Å². The van der Waals surface area contributed by atoms with Crippen LogP contribution in [0.5, 0.6) is 0 Å². The number of benzene rings is 1. The minimum absolute atomic E-state index is 0.0522. The highest BCUT2D eigenvalue weighted by atomic mass is 32.2. The lowest BCUT2D eigenvalue weighted by molar-refractivity contribution is 0.283. The minimum atomic E-state index is -0.0522. The van der Waals surface area contributed by atoms with Crippen molar-refractivity contribution in [3.8, 4) is 11.3 Å². The predicted molar refractivity (Wildman–Crippen MR) is 109 cm³/mol. The smallest absolute Gasteiger partial charge is 0.259 e. The summed E-state index contributed by atoms with van der Waals surface area (Å²) in [4.78, 5) is 13.6. The summed E-state index contributed by atoms with van der Waals surface area (Å²) >= 11 is 1.68. The molecule has 0 aliphatic heterocycles. The van der Waals surface area contributed by atoms with Crippen LogP contribution in [0.1, 0.15) is 50.2 Å². The number of hydrogen-bond donors (Lipinski definition) is 0. The lowest BCUT2D eigenvalue weighted by Crippen LogP contribution is -2.43. The first-order chi connectivity index (χ1) is 13.2. The van der Waals surface area contributed by atoms with Gasteiger partial charge in [-0.3, -0.25) is 13.8 Å². The average Bonchev–Trinajstić information content (AvgIpc) is 3.10. The Hall–Kier alpha value is -2.08. The molecule has 1 spiro atoms. The highest BCUT2D eigenvalue weighted by Crippen LogP contribution is 2.49. The fourth-order valence-corrected chi connectivity index (χ4v) is 5.78.